The molecule has 6 nitrogen and oxygen atoms in total. The van der Waals surface area contributed by atoms with E-state index in [2.05, 4.69) is 0 Å². The van der Waals surface area contributed by atoms with Gasteiger partial charge in [-0.1, -0.05) is 45.9 Å². The van der Waals surface area contributed by atoms with Gasteiger partial charge in [0.2, 0.25) is 0 Å². The fraction of sp³-hybridized carbons (Fsp3) is 0.762. The molecule has 2 rings (SSSR count). The highest BCUT2D eigenvalue weighted by Crippen LogP contribution is 2.48. The molecule has 0 bridgehead atoms. The Morgan fingerprint density at radius 1 is 1.22 bits per heavy atom. The van der Waals surface area contributed by atoms with Crippen LogP contribution in [0.1, 0.15) is 47.5 Å². The van der Waals surface area contributed by atoms with Gasteiger partial charge >= 0.3 is 5.97 Å². The number of hydrogen-bond acceptors (Lipinski definition) is 5. The van der Waals surface area contributed by atoms with Crippen molar-refractivity contribution in [2.75, 3.05) is 0 Å². The largest absolute Gasteiger partial charge is 0.478 e. The van der Waals surface area contributed by atoms with Crippen LogP contribution in [0.4, 0.5) is 0 Å². The molecule has 154 valence electrons. The maximum Gasteiger partial charge on any atom is 0.328 e. The number of rotatable bonds is 5. The van der Waals surface area contributed by atoms with Gasteiger partial charge in [0.1, 0.15) is 0 Å². The van der Waals surface area contributed by atoms with Crippen LogP contribution >= 0.6 is 0 Å². The summed E-state index contributed by atoms with van der Waals surface area (Å²) in [5.41, 5.74) is 0. The molecular weight excluding hydrogens is 348 g/mol. The van der Waals surface area contributed by atoms with Crippen LogP contribution in [0.3, 0.4) is 0 Å². The molecule has 0 radical (unpaired) electrons. The zero-order valence-electron chi connectivity index (χ0n) is 16.9. The molecule has 6 heteroatoms. The van der Waals surface area contributed by atoms with E-state index >= 15 is 0 Å². The van der Waals surface area contributed by atoms with E-state index in [1.165, 1.54) is 6.08 Å². The van der Waals surface area contributed by atoms with Crippen LogP contribution in [-0.2, 0) is 14.3 Å². The van der Waals surface area contributed by atoms with Crippen LogP contribution in [0.2, 0.25) is 0 Å². The molecule has 2 aliphatic rings. The summed E-state index contributed by atoms with van der Waals surface area (Å²) in [6, 6.07) is 0. The van der Waals surface area contributed by atoms with Crippen LogP contribution in [-0.4, -0.2) is 51.5 Å². The molecule has 27 heavy (non-hydrogen) atoms. The Bertz CT molecular complexity index is 559. The lowest BCUT2D eigenvalue weighted by molar-refractivity contribution is -0.382. The number of hydrogen-bond donors (Lipinski definition) is 3. The summed E-state index contributed by atoms with van der Waals surface area (Å²) in [6.07, 6.45) is 5.63. The predicted octanol–water partition coefficient (Wildman–Crippen LogP) is 2.74. The first-order valence-electron chi connectivity index (χ1n) is 9.92. The van der Waals surface area contributed by atoms with Gasteiger partial charge in [-0.15, -0.1) is 0 Å². The molecule has 0 aliphatic carbocycles. The number of ether oxygens (including phenoxy) is 2. The lowest BCUT2D eigenvalue weighted by Crippen LogP contribution is -2.64. The highest BCUT2D eigenvalue weighted by Gasteiger charge is 2.57. The first-order chi connectivity index (χ1) is 12.6. The summed E-state index contributed by atoms with van der Waals surface area (Å²) in [6.45, 7) is 9.83. The van der Waals surface area contributed by atoms with E-state index in [1.807, 2.05) is 40.7 Å². The molecule has 0 aromatic heterocycles. The van der Waals surface area contributed by atoms with Crippen molar-refractivity contribution in [3.05, 3.63) is 24.3 Å². The van der Waals surface area contributed by atoms with Crippen molar-refractivity contribution < 1.29 is 29.6 Å². The highest BCUT2D eigenvalue weighted by atomic mass is 16.7. The van der Waals surface area contributed by atoms with E-state index in [4.69, 9.17) is 14.6 Å². The monoisotopic (exact) mass is 382 g/mol. The Morgan fingerprint density at radius 2 is 1.89 bits per heavy atom. The average molecular weight is 382 g/mol. The molecule has 0 aromatic carbocycles. The second kappa shape index (κ2) is 8.86. The molecule has 0 aromatic rings. The Morgan fingerprint density at radius 3 is 2.44 bits per heavy atom. The fourth-order valence-electron chi connectivity index (χ4n) is 4.61. The van der Waals surface area contributed by atoms with E-state index < -0.39 is 24.0 Å². The zero-order chi connectivity index (χ0) is 20.4. The molecule has 9 atom stereocenters. The van der Waals surface area contributed by atoms with E-state index in [1.54, 1.807) is 6.08 Å². The van der Waals surface area contributed by atoms with E-state index in [-0.39, 0.29) is 35.9 Å². The summed E-state index contributed by atoms with van der Waals surface area (Å²) >= 11 is 0. The Kier molecular flexibility index (Phi) is 7.25. The van der Waals surface area contributed by atoms with Gasteiger partial charge < -0.3 is 24.8 Å². The molecular formula is C21H34O6. The third kappa shape index (κ3) is 4.62. The number of aliphatic hydroxyl groups excluding tert-OH is 2. The minimum atomic E-state index is -1.01. The van der Waals surface area contributed by atoms with Crippen molar-refractivity contribution >= 4 is 5.97 Å². The highest BCUT2D eigenvalue weighted by molar-refractivity contribution is 5.80. The average Bonchev–Trinajstić information content (AvgIpc) is 2.59. The molecule has 2 saturated heterocycles. The first-order valence-corrected chi connectivity index (χ1v) is 9.92. The van der Waals surface area contributed by atoms with Crippen LogP contribution in [0, 0.1) is 23.7 Å². The molecule has 2 heterocycles. The first kappa shape index (κ1) is 22.1. The second-order valence-electron chi connectivity index (χ2n) is 8.14. The van der Waals surface area contributed by atoms with Gasteiger partial charge in [0.25, 0.3) is 0 Å². The van der Waals surface area contributed by atoms with Gasteiger partial charge in [-0.3, -0.25) is 0 Å². The molecule has 0 saturated carbocycles. The van der Waals surface area contributed by atoms with Crippen molar-refractivity contribution in [2.45, 2.75) is 77.7 Å². The molecule has 2 aliphatic heterocycles. The Balaban J connectivity index is 2.22. The summed E-state index contributed by atoms with van der Waals surface area (Å²) in [4.78, 5) is 10.6. The normalized spacial score (nSPS) is 44.2. The molecule has 0 unspecified atom stereocenters. The van der Waals surface area contributed by atoms with Gasteiger partial charge in [-0.2, -0.15) is 0 Å². The standard InChI is InChI=1S/C21H34O6/c1-6-16-15(5)26-21(11-17(16)22)14(4)19(25)13(3)20(27-21)12(2)9-7-8-10-18(23)24/h7-10,12-17,19-20,22,25H,6,11H2,1-5H3,(H,23,24)/b9-7+,10-8+/t12-,13-,14-,15+,16+,17+,19+,20-,21-/m0/s1. The number of aliphatic hydroxyl groups is 2. The molecule has 3 N–H and O–H groups in total. The fourth-order valence-corrected chi connectivity index (χ4v) is 4.61. The number of aliphatic carboxylic acids is 1. The van der Waals surface area contributed by atoms with Crippen molar-refractivity contribution in [1.82, 2.24) is 0 Å². The lowest BCUT2D eigenvalue weighted by Gasteiger charge is -2.56. The Hall–Kier alpha value is -1.21. The third-order valence-electron chi connectivity index (χ3n) is 6.33. The van der Waals surface area contributed by atoms with Gasteiger partial charge in [-0.25, -0.2) is 4.79 Å². The molecule has 0 amide bonds. The van der Waals surface area contributed by atoms with Gasteiger partial charge in [-0.05, 0) is 13.3 Å². The summed E-state index contributed by atoms with van der Waals surface area (Å²) in [5, 5.41) is 30.2. The maximum absolute atomic E-state index is 10.9. The van der Waals surface area contributed by atoms with Crippen LogP contribution in [0.5, 0.6) is 0 Å². The van der Waals surface area contributed by atoms with Crippen LogP contribution in [0.15, 0.2) is 24.3 Å². The second-order valence-corrected chi connectivity index (χ2v) is 8.14. The molecule has 1 spiro atoms. The van der Waals surface area contributed by atoms with Crippen LogP contribution < -0.4 is 0 Å². The number of allylic oxidation sites excluding steroid dienone is 2. The maximum atomic E-state index is 10.9. The minimum absolute atomic E-state index is 0.0554. The van der Waals surface area contributed by atoms with Gasteiger partial charge in [0.05, 0.1) is 24.4 Å². The third-order valence-corrected chi connectivity index (χ3v) is 6.33. The van der Waals surface area contributed by atoms with Crippen LogP contribution in [0.25, 0.3) is 0 Å². The van der Waals surface area contributed by atoms with E-state index in [0.29, 0.717) is 6.42 Å². The number of carboxylic acids is 1. The van der Waals surface area contributed by atoms with Gasteiger partial charge in [0.15, 0.2) is 5.79 Å². The SMILES string of the molecule is CC[C@H]1[C@H](O)C[C@@]2(O[C@@H]([C@@H](C)/C=C/C=C/C(=O)O)[C@@H](C)[C@@H](O)[C@@H]2C)O[C@@H]1C. The van der Waals surface area contributed by atoms with E-state index in [0.717, 1.165) is 12.5 Å². The quantitative estimate of drug-likeness (QED) is 0.500. The van der Waals surface area contributed by atoms with Crippen molar-refractivity contribution in [1.29, 1.82) is 0 Å². The summed E-state index contributed by atoms with van der Waals surface area (Å²) < 4.78 is 12.7. The summed E-state index contributed by atoms with van der Waals surface area (Å²) in [5.74, 6) is -2.39. The van der Waals surface area contributed by atoms with Gasteiger partial charge in [0, 0.05) is 36.2 Å². The number of carbonyl (C=O) groups is 1. The lowest BCUT2D eigenvalue weighted by atomic mass is 9.73. The topological polar surface area (TPSA) is 96.2 Å². The predicted molar refractivity (Wildman–Crippen MR) is 102 cm³/mol. The van der Waals surface area contributed by atoms with Crippen molar-refractivity contribution in [2.24, 2.45) is 23.7 Å². The zero-order valence-corrected chi connectivity index (χ0v) is 16.9. The Labute approximate surface area is 161 Å². The van der Waals surface area contributed by atoms with E-state index in [9.17, 15) is 15.0 Å². The minimum Gasteiger partial charge on any atom is -0.478 e. The summed E-state index contributed by atoms with van der Waals surface area (Å²) in [7, 11) is 0. The smallest absolute Gasteiger partial charge is 0.328 e. The van der Waals surface area contributed by atoms with Crippen molar-refractivity contribution in [3.8, 4) is 0 Å². The van der Waals surface area contributed by atoms with Crippen molar-refractivity contribution in [3.63, 3.8) is 0 Å². The number of carboxylic acid groups (broad SMARTS) is 1. The molecule has 2 fully saturated rings.